The summed E-state index contributed by atoms with van der Waals surface area (Å²) in [4.78, 5) is 64.2. The third-order valence-corrected chi connectivity index (χ3v) is 5.50. The van der Waals surface area contributed by atoms with Gasteiger partial charge in [-0.25, -0.2) is 4.79 Å². The highest BCUT2D eigenvalue weighted by molar-refractivity contribution is 6.41. The minimum absolute atomic E-state index is 0.0749. The highest BCUT2D eigenvalue weighted by Gasteiger charge is 2.41. The molecule has 10 nitrogen and oxygen atoms in total. The van der Waals surface area contributed by atoms with E-state index in [4.69, 9.17) is 37.4 Å². The zero-order chi connectivity index (χ0) is 24.2. The van der Waals surface area contributed by atoms with E-state index in [2.05, 4.69) is 10.3 Å². The molecule has 0 unspecified atom stereocenters. The van der Waals surface area contributed by atoms with Gasteiger partial charge < -0.3 is 24.5 Å². The quantitative estimate of drug-likeness (QED) is 0.361. The van der Waals surface area contributed by atoms with Crippen LogP contribution >= 0.6 is 23.2 Å². The van der Waals surface area contributed by atoms with Crippen LogP contribution in [0.1, 0.15) is 44.5 Å². The molecular formula is C20H24Cl2N2O8. The second-order valence-electron chi connectivity index (χ2n) is 7.54. The number of pyridine rings is 1. The van der Waals surface area contributed by atoms with Crippen LogP contribution in [-0.4, -0.2) is 53.7 Å². The number of amides is 1. The molecule has 2 rings (SSSR count). The van der Waals surface area contributed by atoms with Gasteiger partial charge in [0.2, 0.25) is 0 Å². The lowest BCUT2D eigenvalue weighted by Gasteiger charge is -2.29. The maximum Gasteiger partial charge on any atom is 0.332 e. The van der Waals surface area contributed by atoms with Gasteiger partial charge in [-0.15, -0.1) is 0 Å². The molecule has 1 amide bonds. The first-order chi connectivity index (χ1) is 15.0. The summed E-state index contributed by atoms with van der Waals surface area (Å²) in [5.74, 6) is -4.51. The Morgan fingerprint density at radius 1 is 1.25 bits per heavy atom. The zero-order valence-corrected chi connectivity index (χ0v) is 19.4. The maximum absolute atomic E-state index is 12.7. The fourth-order valence-corrected chi connectivity index (χ4v) is 3.27. The normalized spacial score (nSPS) is 24.0. The van der Waals surface area contributed by atoms with Crippen LogP contribution in [0.3, 0.4) is 0 Å². The second kappa shape index (κ2) is 10.8. The van der Waals surface area contributed by atoms with Crippen molar-refractivity contribution < 1.29 is 33.4 Å². The van der Waals surface area contributed by atoms with Gasteiger partial charge in [-0.1, -0.05) is 44.0 Å². The molecule has 1 saturated heterocycles. The van der Waals surface area contributed by atoms with E-state index in [0.717, 1.165) is 6.07 Å². The standard InChI is InChI=1S/C20H24Cl2N2O8/c1-5-10-14(32-18(27)8(2)3)9(4)31-20(29)13(7-30-19(10)28)23-16(25)11-6-12(21)15(22)24-17(11)26/h6,8-10,13-14H,5,7H2,1-4H3,(H,23,25)(H,24,26)/t9-,10+,13-,14-/m0/s1. The first-order valence-corrected chi connectivity index (χ1v) is 10.7. The number of rotatable bonds is 5. The molecule has 0 saturated carbocycles. The molecule has 1 fully saturated rings. The van der Waals surface area contributed by atoms with Crippen LogP contribution in [0.5, 0.6) is 0 Å². The molecule has 2 heterocycles. The summed E-state index contributed by atoms with van der Waals surface area (Å²) in [6.07, 6.45) is -1.82. The zero-order valence-electron chi connectivity index (χ0n) is 17.9. The minimum Gasteiger partial charge on any atom is -0.463 e. The fourth-order valence-electron chi connectivity index (χ4n) is 2.97. The molecule has 2 N–H and O–H groups in total. The number of cyclic esters (lactones) is 2. The molecule has 0 bridgehead atoms. The SMILES string of the molecule is CC[C@H]1C(=O)OC[C@H](NC(=O)c2cc(Cl)c(Cl)[nH]c2=O)C(=O)O[C@@H](C)[C@@H]1OC(=O)C(C)C. The van der Waals surface area contributed by atoms with Gasteiger partial charge in [-0.2, -0.15) is 0 Å². The van der Waals surface area contributed by atoms with E-state index < -0.39 is 71.6 Å². The van der Waals surface area contributed by atoms with Crippen molar-refractivity contribution in [3.8, 4) is 0 Å². The average molecular weight is 491 g/mol. The van der Waals surface area contributed by atoms with Gasteiger partial charge in [-0.3, -0.25) is 19.2 Å². The van der Waals surface area contributed by atoms with Crippen LogP contribution in [0, 0.1) is 11.8 Å². The predicted octanol–water partition coefficient (Wildman–Crippen LogP) is 1.86. The number of carbonyl (C=O) groups is 4. The average Bonchev–Trinajstić information content (AvgIpc) is 2.75. The van der Waals surface area contributed by atoms with E-state index in [1.807, 2.05) is 0 Å². The van der Waals surface area contributed by atoms with Crippen LogP contribution in [-0.2, 0) is 28.6 Å². The smallest absolute Gasteiger partial charge is 0.332 e. The molecule has 1 aromatic heterocycles. The Labute approximate surface area is 193 Å². The van der Waals surface area contributed by atoms with Crippen molar-refractivity contribution in [3.05, 3.63) is 32.2 Å². The Morgan fingerprint density at radius 3 is 2.50 bits per heavy atom. The summed E-state index contributed by atoms with van der Waals surface area (Å²) in [6, 6.07) is -0.374. The highest BCUT2D eigenvalue weighted by atomic mass is 35.5. The molecule has 1 aliphatic rings. The van der Waals surface area contributed by atoms with Gasteiger partial charge in [0.05, 0.1) is 16.9 Å². The van der Waals surface area contributed by atoms with E-state index in [-0.39, 0.29) is 16.6 Å². The van der Waals surface area contributed by atoms with Crippen LogP contribution in [0.25, 0.3) is 0 Å². The first kappa shape index (κ1) is 25.7. The highest BCUT2D eigenvalue weighted by Crippen LogP contribution is 2.23. The molecular weight excluding hydrogens is 467 g/mol. The maximum atomic E-state index is 12.7. The molecule has 0 aromatic carbocycles. The largest absolute Gasteiger partial charge is 0.463 e. The summed E-state index contributed by atoms with van der Waals surface area (Å²) in [7, 11) is 0. The first-order valence-electron chi connectivity index (χ1n) is 9.93. The van der Waals surface area contributed by atoms with Crippen molar-refractivity contribution in [3.63, 3.8) is 0 Å². The monoisotopic (exact) mass is 490 g/mol. The van der Waals surface area contributed by atoms with E-state index in [0.29, 0.717) is 0 Å². The number of carbonyl (C=O) groups excluding carboxylic acids is 4. The predicted molar refractivity (Wildman–Crippen MR) is 113 cm³/mol. The minimum atomic E-state index is -1.42. The van der Waals surface area contributed by atoms with Crippen molar-refractivity contribution in [2.24, 2.45) is 11.8 Å². The van der Waals surface area contributed by atoms with Crippen molar-refractivity contribution in [1.82, 2.24) is 10.3 Å². The van der Waals surface area contributed by atoms with E-state index in [1.165, 1.54) is 6.92 Å². The Kier molecular flexibility index (Phi) is 8.68. The molecule has 0 spiro atoms. The fraction of sp³-hybridized carbons (Fsp3) is 0.550. The number of esters is 3. The molecule has 4 atom stereocenters. The van der Waals surface area contributed by atoms with Crippen molar-refractivity contribution in [1.29, 1.82) is 0 Å². The summed E-state index contributed by atoms with van der Waals surface area (Å²) < 4.78 is 16.0. The molecule has 32 heavy (non-hydrogen) atoms. The molecule has 0 aliphatic carbocycles. The number of halogens is 2. The Balaban J connectivity index is 2.27. The number of hydrogen-bond acceptors (Lipinski definition) is 8. The van der Waals surface area contributed by atoms with Crippen molar-refractivity contribution in [2.45, 2.75) is 52.4 Å². The third-order valence-electron chi connectivity index (χ3n) is 4.80. The Bertz CT molecular complexity index is 961. The van der Waals surface area contributed by atoms with Gasteiger partial charge >= 0.3 is 17.9 Å². The lowest BCUT2D eigenvalue weighted by Crippen LogP contribution is -2.47. The van der Waals surface area contributed by atoms with Crippen LogP contribution in [0.4, 0.5) is 0 Å². The third kappa shape index (κ3) is 6.01. The number of ether oxygens (including phenoxy) is 3. The topological polar surface area (TPSA) is 141 Å². The Hall–Kier alpha value is -2.59. The van der Waals surface area contributed by atoms with Gasteiger partial charge in [0.1, 0.15) is 23.4 Å². The van der Waals surface area contributed by atoms with Crippen LogP contribution in [0.15, 0.2) is 10.9 Å². The molecule has 1 aromatic rings. The molecule has 1 aliphatic heterocycles. The van der Waals surface area contributed by atoms with Crippen LogP contribution < -0.4 is 10.9 Å². The lowest BCUT2D eigenvalue weighted by atomic mass is 9.95. The number of nitrogens with one attached hydrogen (secondary N) is 2. The summed E-state index contributed by atoms with van der Waals surface area (Å²) >= 11 is 11.5. The lowest BCUT2D eigenvalue weighted by molar-refractivity contribution is -0.176. The number of hydrogen-bond donors (Lipinski definition) is 2. The Morgan fingerprint density at radius 2 is 1.91 bits per heavy atom. The molecule has 12 heteroatoms. The molecule has 176 valence electrons. The number of aromatic amines is 1. The van der Waals surface area contributed by atoms with E-state index in [9.17, 15) is 24.0 Å². The van der Waals surface area contributed by atoms with Crippen molar-refractivity contribution in [2.75, 3.05) is 6.61 Å². The summed E-state index contributed by atoms with van der Waals surface area (Å²) in [5, 5.41) is 2.07. The molecule has 0 radical (unpaired) electrons. The summed E-state index contributed by atoms with van der Waals surface area (Å²) in [6.45, 7) is 5.88. The number of aromatic nitrogens is 1. The summed E-state index contributed by atoms with van der Waals surface area (Å²) in [5.41, 5.74) is -1.23. The number of H-pyrrole nitrogens is 1. The van der Waals surface area contributed by atoms with E-state index >= 15 is 0 Å². The van der Waals surface area contributed by atoms with Crippen molar-refractivity contribution >= 4 is 47.0 Å². The van der Waals surface area contributed by atoms with Gasteiger partial charge in [0, 0.05) is 0 Å². The second-order valence-corrected chi connectivity index (χ2v) is 8.33. The van der Waals surface area contributed by atoms with E-state index in [1.54, 1.807) is 20.8 Å². The van der Waals surface area contributed by atoms with Crippen LogP contribution in [0.2, 0.25) is 10.2 Å². The van der Waals surface area contributed by atoms with Gasteiger partial charge in [-0.05, 0) is 19.4 Å². The van der Waals surface area contributed by atoms with Gasteiger partial charge in [0.25, 0.3) is 11.5 Å². The van der Waals surface area contributed by atoms with Gasteiger partial charge in [0.15, 0.2) is 12.1 Å².